The van der Waals surface area contributed by atoms with Crippen molar-refractivity contribution >= 4 is 33.9 Å². The molecule has 11 heteroatoms. The van der Waals surface area contributed by atoms with Gasteiger partial charge in [-0.05, 0) is 70.1 Å². The molecule has 11 nitrogen and oxygen atoms in total. The molecule has 4 aromatic rings. The second-order valence-electron chi connectivity index (χ2n) is 11.7. The van der Waals surface area contributed by atoms with Gasteiger partial charge in [-0.1, -0.05) is 0 Å². The zero-order valence-corrected chi connectivity index (χ0v) is 24.7. The van der Waals surface area contributed by atoms with Crippen molar-refractivity contribution in [3.8, 4) is 11.4 Å². The average Bonchev–Trinajstić information content (AvgIpc) is 3.47. The first-order valence-electron chi connectivity index (χ1n) is 14.9. The molecule has 0 saturated carbocycles. The van der Waals surface area contributed by atoms with E-state index in [2.05, 4.69) is 54.5 Å². The maximum Gasteiger partial charge on any atom is 0.158 e. The van der Waals surface area contributed by atoms with Gasteiger partial charge >= 0.3 is 0 Å². The molecule has 1 aromatic carbocycles. The molecule has 2 saturated heterocycles. The van der Waals surface area contributed by atoms with Crippen molar-refractivity contribution in [3.63, 3.8) is 0 Å². The van der Waals surface area contributed by atoms with Gasteiger partial charge in [-0.3, -0.25) is 9.88 Å². The predicted molar refractivity (Wildman–Crippen MR) is 169 cm³/mol. The Morgan fingerprint density at radius 2 is 1.67 bits per heavy atom. The number of aliphatic hydroxyl groups excluding tert-OH is 1. The number of hydrogen-bond acceptors (Lipinski definition) is 10. The van der Waals surface area contributed by atoms with Crippen LogP contribution in [0.3, 0.4) is 0 Å². The van der Waals surface area contributed by atoms with Gasteiger partial charge < -0.3 is 36.3 Å². The van der Waals surface area contributed by atoms with E-state index in [0.717, 1.165) is 29.7 Å². The Balaban J connectivity index is 1.21. The zero-order chi connectivity index (χ0) is 29.2. The second kappa shape index (κ2) is 12.2. The van der Waals surface area contributed by atoms with E-state index in [1.165, 1.54) is 44.7 Å². The van der Waals surface area contributed by atoms with Gasteiger partial charge in [0.25, 0.3) is 0 Å². The van der Waals surface area contributed by atoms with Gasteiger partial charge in [0.15, 0.2) is 11.6 Å². The summed E-state index contributed by atoms with van der Waals surface area (Å²) in [7, 11) is 2.21. The topological polar surface area (TPSA) is 134 Å². The van der Waals surface area contributed by atoms with Crippen molar-refractivity contribution in [2.45, 2.75) is 45.0 Å². The van der Waals surface area contributed by atoms with Crippen LogP contribution in [0.25, 0.3) is 22.3 Å². The summed E-state index contributed by atoms with van der Waals surface area (Å²) in [6, 6.07) is 13.0. The van der Waals surface area contributed by atoms with Crippen molar-refractivity contribution in [1.82, 2.24) is 29.7 Å². The molecule has 222 valence electrons. The first-order chi connectivity index (χ1) is 20.4. The number of piperazine rings is 1. The highest BCUT2D eigenvalue weighted by molar-refractivity contribution is 5.94. The molecule has 0 aliphatic carbocycles. The van der Waals surface area contributed by atoms with Crippen molar-refractivity contribution in [2.24, 2.45) is 5.73 Å². The number of nitrogens with zero attached hydrogens (tertiary/aromatic N) is 6. The summed E-state index contributed by atoms with van der Waals surface area (Å²) in [6.07, 6.45) is 4.67. The van der Waals surface area contributed by atoms with Crippen LogP contribution in [-0.4, -0.2) is 93.2 Å². The summed E-state index contributed by atoms with van der Waals surface area (Å²) in [5.74, 6) is 0.969. The predicted octanol–water partition coefficient (Wildman–Crippen LogP) is 3.75. The molecule has 0 amide bonds. The van der Waals surface area contributed by atoms with Crippen molar-refractivity contribution in [1.29, 1.82) is 0 Å². The van der Waals surface area contributed by atoms with E-state index >= 15 is 0 Å². The van der Waals surface area contributed by atoms with E-state index in [9.17, 15) is 5.11 Å². The number of likely N-dealkylation sites (N-methyl/N-ethyl adjacent to an activating group) is 1. The molecule has 0 bridgehead atoms. The quantitative estimate of drug-likeness (QED) is 0.199. The molecule has 6 rings (SSSR count). The van der Waals surface area contributed by atoms with Gasteiger partial charge in [0.2, 0.25) is 0 Å². The number of nitrogens with two attached hydrogens (primary N) is 1. The molecule has 2 fully saturated rings. The van der Waals surface area contributed by atoms with Gasteiger partial charge in [0.1, 0.15) is 23.3 Å². The number of fused-ring (bicyclic) bond motifs is 1. The van der Waals surface area contributed by atoms with Crippen molar-refractivity contribution in [3.05, 3.63) is 54.5 Å². The van der Waals surface area contributed by atoms with Crippen LogP contribution in [-0.2, 0) is 0 Å². The Morgan fingerprint density at radius 1 is 0.929 bits per heavy atom. The number of pyridine rings is 1. The van der Waals surface area contributed by atoms with E-state index in [1.807, 2.05) is 44.3 Å². The minimum Gasteiger partial charge on any atom is -0.373 e. The largest absolute Gasteiger partial charge is 0.373 e. The molecule has 5 heterocycles. The fourth-order valence-corrected chi connectivity index (χ4v) is 6.03. The van der Waals surface area contributed by atoms with Gasteiger partial charge in [0.05, 0.1) is 0 Å². The van der Waals surface area contributed by atoms with E-state index in [0.29, 0.717) is 29.1 Å². The number of anilines is 4. The molecule has 1 unspecified atom stereocenters. The Bertz CT molecular complexity index is 1490. The van der Waals surface area contributed by atoms with Gasteiger partial charge in [-0.25, -0.2) is 9.97 Å². The van der Waals surface area contributed by atoms with Gasteiger partial charge in [-0.2, -0.15) is 0 Å². The highest BCUT2D eigenvalue weighted by Crippen LogP contribution is 2.34. The van der Waals surface area contributed by atoms with Crippen LogP contribution in [0, 0.1) is 0 Å². The standard InChI is InChI=1S/C31H42N10O/c1-20(2)35-30-27(26-24-8-12-33-25(24)9-13-34-26)37-28(29(32)42)31(38-30)36-21-4-6-22(7-5-21)40-14-10-23(11-15-40)41-18-16-39(3)17-19-41/h4-9,12-13,20,23,29,33,42H,10-11,14-19,32H2,1-3H3,(H2,35,36,38). The molecule has 2 aliphatic heterocycles. The fourth-order valence-electron chi connectivity index (χ4n) is 6.03. The second-order valence-corrected chi connectivity index (χ2v) is 11.7. The Labute approximate surface area is 247 Å². The molecule has 6 N–H and O–H groups in total. The first-order valence-corrected chi connectivity index (χ1v) is 14.9. The van der Waals surface area contributed by atoms with E-state index < -0.39 is 6.23 Å². The number of hydrogen-bond donors (Lipinski definition) is 5. The van der Waals surface area contributed by atoms with E-state index in [1.54, 1.807) is 6.20 Å². The maximum absolute atomic E-state index is 10.5. The zero-order valence-electron chi connectivity index (χ0n) is 24.7. The van der Waals surface area contributed by atoms with Crippen LogP contribution >= 0.6 is 0 Å². The number of H-pyrrole nitrogens is 1. The lowest BCUT2D eigenvalue weighted by Crippen LogP contribution is -2.52. The SMILES string of the molecule is CC(C)Nc1nc(Nc2ccc(N3CCC(N4CCN(C)CC4)CC3)cc2)c(C(N)O)nc1-c1nccc2[nH]ccc12. The lowest BCUT2D eigenvalue weighted by molar-refractivity contribution is 0.0982. The number of aromatic amines is 1. The smallest absolute Gasteiger partial charge is 0.158 e. The average molecular weight is 571 g/mol. The summed E-state index contributed by atoms with van der Waals surface area (Å²) < 4.78 is 0. The third-order valence-corrected chi connectivity index (χ3v) is 8.35. The lowest BCUT2D eigenvalue weighted by atomic mass is 10.0. The van der Waals surface area contributed by atoms with Crippen LogP contribution in [0.15, 0.2) is 48.8 Å². The maximum atomic E-state index is 10.5. The third-order valence-electron chi connectivity index (χ3n) is 8.35. The number of benzene rings is 1. The van der Waals surface area contributed by atoms with Crippen LogP contribution in [0.2, 0.25) is 0 Å². The summed E-state index contributed by atoms with van der Waals surface area (Å²) in [6.45, 7) is 10.9. The highest BCUT2D eigenvalue weighted by Gasteiger charge is 2.27. The number of aliphatic hydroxyl groups is 1. The molecule has 0 spiro atoms. The molecule has 3 aromatic heterocycles. The highest BCUT2D eigenvalue weighted by atomic mass is 16.3. The molecule has 42 heavy (non-hydrogen) atoms. The summed E-state index contributed by atoms with van der Waals surface area (Å²) >= 11 is 0. The Morgan fingerprint density at radius 3 is 2.36 bits per heavy atom. The summed E-state index contributed by atoms with van der Waals surface area (Å²) in [5, 5.41) is 18.2. The van der Waals surface area contributed by atoms with Crippen molar-refractivity contribution in [2.75, 3.05) is 61.8 Å². The molecular formula is C31H42N10O. The molecule has 0 radical (unpaired) electrons. The number of rotatable bonds is 8. The van der Waals surface area contributed by atoms with Crippen LogP contribution in [0.5, 0.6) is 0 Å². The summed E-state index contributed by atoms with van der Waals surface area (Å²) in [4.78, 5) is 25.1. The Hall–Kier alpha value is -3.77. The lowest BCUT2D eigenvalue weighted by Gasteiger charge is -2.42. The minimum atomic E-state index is -1.32. The monoisotopic (exact) mass is 570 g/mol. The number of nitrogens with one attached hydrogen (secondary N) is 3. The number of aromatic nitrogens is 4. The van der Waals surface area contributed by atoms with Crippen molar-refractivity contribution < 1.29 is 5.11 Å². The molecule has 2 aliphatic rings. The normalized spacial score (nSPS) is 18.1. The summed E-state index contributed by atoms with van der Waals surface area (Å²) in [5.41, 5.74) is 10.5. The van der Waals surface area contributed by atoms with Crippen LogP contribution in [0.4, 0.5) is 23.0 Å². The van der Waals surface area contributed by atoms with E-state index in [-0.39, 0.29) is 11.7 Å². The fraction of sp³-hybridized carbons (Fsp3) is 0.452. The van der Waals surface area contributed by atoms with Crippen LogP contribution in [0.1, 0.15) is 38.6 Å². The third kappa shape index (κ3) is 6.05. The number of piperidine rings is 1. The van der Waals surface area contributed by atoms with Gasteiger partial charge in [0, 0.05) is 86.0 Å². The molecular weight excluding hydrogens is 528 g/mol. The van der Waals surface area contributed by atoms with Crippen LogP contribution < -0.4 is 21.3 Å². The molecule has 1 atom stereocenters. The Kier molecular flexibility index (Phi) is 8.25. The first kappa shape index (κ1) is 28.4. The van der Waals surface area contributed by atoms with E-state index in [4.69, 9.17) is 15.7 Å². The van der Waals surface area contributed by atoms with Gasteiger partial charge in [-0.15, -0.1) is 0 Å². The minimum absolute atomic E-state index is 0.102.